The third-order valence-corrected chi connectivity index (χ3v) is 5.35. The monoisotopic (exact) mass is 334 g/mol. The maximum absolute atomic E-state index is 12.1. The topological polar surface area (TPSA) is 67.4 Å². The number of nitrogens with one attached hydrogen (secondary N) is 2. The summed E-state index contributed by atoms with van der Waals surface area (Å²) in [5, 5.41) is 3.53. The van der Waals surface area contributed by atoms with Crippen molar-refractivity contribution < 1.29 is 13.2 Å². The Bertz CT molecular complexity index is 421. The van der Waals surface area contributed by atoms with Crippen LogP contribution in [0.3, 0.4) is 0 Å². The van der Waals surface area contributed by atoms with Crippen LogP contribution in [0.5, 0.6) is 0 Å². The lowest BCUT2D eigenvalue weighted by molar-refractivity contribution is 0.0640. The summed E-state index contributed by atoms with van der Waals surface area (Å²) in [6.45, 7) is 13.3. The normalized spacial score (nSPS) is 18.6. The van der Waals surface area contributed by atoms with Crippen molar-refractivity contribution in [3.63, 3.8) is 0 Å². The first-order valence-corrected chi connectivity index (χ1v) is 9.94. The lowest BCUT2D eigenvalue weighted by Crippen LogP contribution is -2.45. The fourth-order valence-corrected chi connectivity index (χ4v) is 3.82. The van der Waals surface area contributed by atoms with Gasteiger partial charge in [0.05, 0.1) is 5.75 Å². The Hall–Kier alpha value is -0.170. The van der Waals surface area contributed by atoms with Gasteiger partial charge in [0.15, 0.2) is 0 Å². The van der Waals surface area contributed by atoms with E-state index in [1.165, 1.54) is 0 Å². The third kappa shape index (κ3) is 9.08. The van der Waals surface area contributed by atoms with E-state index >= 15 is 0 Å². The molecule has 5 nitrogen and oxygen atoms in total. The first-order valence-electron chi connectivity index (χ1n) is 8.29. The zero-order valence-corrected chi connectivity index (χ0v) is 15.7. The van der Waals surface area contributed by atoms with E-state index in [-0.39, 0.29) is 16.7 Å². The summed E-state index contributed by atoms with van der Waals surface area (Å²) in [7, 11) is -3.20. The van der Waals surface area contributed by atoms with Gasteiger partial charge < -0.3 is 10.1 Å². The highest BCUT2D eigenvalue weighted by atomic mass is 32.2. The van der Waals surface area contributed by atoms with Gasteiger partial charge in [-0.15, -0.1) is 0 Å². The molecule has 0 atom stereocenters. The zero-order valence-electron chi connectivity index (χ0n) is 14.9. The lowest BCUT2D eigenvalue weighted by atomic mass is 9.96. The second-order valence-electron chi connectivity index (χ2n) is 8.27. The second kappa shape index (κ2) is 8.08. The number of rotatable bonds is 8. The average molecular weight is 335 g/mol. The molecule has 1 rings (SSSR count). The lowest BCUT2D eigenvalue weighted by Gasteiger charge is -2.30. The maximum atomic E-state index is 12.1. The van der Waals surface area contributed by atoms with Gasteiger partial charge in [-0.3, -0.25) is 0 Å². The summed E-state index contributed by atoms with van der Waals surface area (Å²) in [6, 6.07) is 0. The molecule has 0 amide bonds. The molecule has 22 heavy (non-hydrogen) atoms. The molecule has 1 aliphatic rings. The van der Waals surface area contributed by atoms with E-state index in [2.05, 4.69) is 23.9 Å². The molecule has 1 aliphatic heterocycles. The molecular formula is C16H34N2O3S. The summed E-state index contributed by atoms with van der Waals surface area (Å²) in [5.41, 5.74) is -0.210. The van der Waals surface area contributed by atoms with Gasteiger partial charge in [0.1, 0.15) is 0 Å². The highest BCUT2D eigenvalue weighted by Crippen LogP contribution is 2.17. The number of sulfonamides is 1. The Kier molecular flexibility index (Phi) is 7.30. The van der Waals surface area contributed by atoms with Gasteiger partial charge >= 0.3 is 0 Å². The van der Waals surface area contributed by atoms with E-state index in [4.69, 9.17) is 4.74 Å². The van der Waals surface area contributed by atoms with Crippen molar-refractivity contribution in [2.24, 2.45) is 11.3 Å². The number of ether oxygens (including phenoxy) is 1. The molecule has 1 saturated heterocycles. The molecule has 0 radical (unpaired) electrons. The fraction of sp³-hybridized carbons (Fsp3) is 1.00. The molecule has 132 valence electrons. The first kappa shape index (κ1) is 19.9. The number of hydrogen-bond donors (Lipinski definition) is 2. The maximum Gasteiger partial charge on any atom is 0.211 e. The minimum atomic E-state index is -3.20. The quantitative estimate of drug-likeness (QED) is 0.714. The van der Waals surface area contributed by atoms with Gasteiger partial charge in [-0.25, -0.2) is 13.1 Å². The van der Waals surface area contributed by atoms with Crippen LogP contribution in [0, 0.1) is 11.3 Å². The van der Waals surface area contributed by atoms with E-state index < -0.39 is 10.0 Å². The van der Waals surface area contributed by atoms with Crippen molar-refractivity contribution in [1.82, 2.24) is 10.0 Å². The fourth-order valence-electron chi connectivity index (χ4n) is 2.25. The summed E-state index contributed by atoms with van der Waals surface area (Å²) < 4.78 is 32.2. The Morgan fingerprint density at radius 3 is 2.23 bits per heavy atom. The zero-order chi connectivity index (χ0) is 16.9. The van der Waals surface area contributed by atoms with Crippen molar-refractivity contribution in [1.29, 1.82) is 0 Å². The molecule has 0 bridgehead atoms. The van der Waals surface area contributed by atoms with E-state index in [1.807, 2.05) is 20.8 Å². The standard InChI is InChI=1S/C16H34N2O3S/c1-15(2,3)13-18-22(19,20)11-8-16(4,5)17-12-14-6-9-21-10-7-14/h14,17-18H,6-13H2,1-5H3. The summed E-state index contributed by atoms with van der Waals surface area (Å²) >= 11 is 0. The number of hydrogen-bond acceptors (Lipinski definition) is 4. The van der Waals surface area contributed by atoms with Crippen molar-refractivity contribution in [2.45, 2.75) is 59.4 Å². The second-order valence-corrected chi connectivity index (χ2v) is 10.2. The largest absolute Gasteiger partial charge is 0.381 e. The van der Waals surface area contributed by atoms with Crippen molar-refractivity contribution in [3.8, 4) is 0 Å². The van der Waals surface area contributed by atoms with Crippen molar-refractivity contribution in [2.75, 3.05) is 32.1 Å². The van der Waals surface area contributed by atoms with Crippen LogP contribution in [0.15, 0.2) is 0 Å². The molecule has 0 aromatic rings. The molecule has 1 fully saturated rings. The van der Waals surface area contributed by atoms with Crippen LogP contribution in [0.2, 0.25) is 0 Å². The van der Waals surface area contributed by atoms with E-state index in [9.17, 15) is 8.42 Å². The average Bonchev–Trinajstić information content (AvgIpc) is 2.42. The Morgan fingerprint density at radius 2 is 1.68 bits per heavy atom. The Labute approximate surface area is 136 Å². The van der Waals surface area contributed by atoms with Crippen LogP contribution in [-0.2, 0) is 14.8 Å². The van der Waals surface area contributed by atoms with Gasteiger partial charge in [-0.1, -0.05) is 20.8 Å². The molecule has 0 saturated carbocycles. The van der Waals surface area contributed by atoms with Crippen molar-refractivity contribution >= 4 is 10.0 Å². The van der Waals surface area contributed by atoms with Gasteiger partial charge in [-0.05, 0) is 51.0 Å². The van der Waals surface area contributed by atoms with Gasteiger partial charge in [0, 0.05) is 25.3 Å². The van der Waals surface area contributed by atoms with Gasteiger partial charge in [-0.2, -0.15) is 0 Å². The predicted octanol–water partition coefficient (Wildman–Crippen LogP) is 2.14. The molecule has 0 spiro atoms. The Balaban J connectivity index is 2.33. The minimum Gasteiger partial charge on any atom is -0.381 e. The van der Waals surface area contributed by atoms with Crippen LogP contribution in [0.25, 0.3) is 0 Å². The highest BCUT2D eigenvalue weighted by Gasteiger charge is 2.24. The SMILES string of the molecule is CC(C)(C)CNS(=O)(=O)CCC(C)(C)NCC1CCOCC1. The summed E-state index contributed by atoms with van der Waals surface area (Å²) in [6.07, 6.45) is 2.79. The molecule has 0 aromatic carbocycles. The van der Waals surface area contributed by atoms with E-state index in [0.717, 1.165) is 32.6 Å². The summed E-state index contributed by atoms with van der Waals surface area (Å²) in [4.78, 5) is 0. The molecule has 6 heteroatoms. The molecule has 0 aliphatic carbocycles. The third-order valence-electron chi connectivity index (χ3n) is 4.03. The van der Waals surface area contributed by atoms with E-state index in [0.29, 0.717) is 18.9 Å². The molecule has 0 unspecified atom stereocenters. The molecule has 2 N–H and O–H groups in total. The predicted molar refractivity (Wildman–Crippen MR) is 91.5 cm³/mol. The van der Waals surface area contributed by atoms with Crippen molar-refractivity contribution in [3.05, 3.63) is 0 Å². The van der Waals surface area contributed by atoms with Gasteiger partial charge in [0.2, 0.25) is 10.0 Å². The first-order chi connectivity index (χ1) is 9.99. The van der Waals surface area contributed by atoms with Gasteiger partial charge in [0.25, 0.3) is 0 Å². The Morgan fingerprint density at radius 1 is 1.09 bits per heavy atom. The van der Waals surface area contributed by atoms with Crippen LogP contribution in [-0.4, -0.2) is 46.0 Å². The van der Waals surface area contributed by atoms with Crippen LogP contribution in [0.4, 0.5) is 0 Å². The highest BCUT2D eigenvalue weighted by molar-refractivity contribution is 7.89. The smallest absolute Gasteiger partial charge is 0.211 e. The van der Waals surface area contributed by atoms with Crippen LogP contribution < -0.4 is 10.0 Å². The van der Waals surface area contributed by atoms with E-state index in [1.54, 1.807) is 0 Å². The minimum absolute atomic E-state index is 0.0378. The molecule has 1 heterocycles. The van der Waals surface area contributed by atoms with Crippen LogP contribution in [0.1, 0.15) is 53.9 Å². The summed E-state index contributed by atoms with van der Waals surface area (Å²) in [5.74, 6) is 0.806. The molecule has 0 aromatic heterocycles. The molecular weight excluding hydrogens is 300 g/mol. The van der Waals surface area contributed by atoms with Crippen LogP contribution >= 0.6 is 0 Å².